The fraction of sp³-hybridized carbons (Fsp3) is 0. The molecule has 0 amide bonds. The van der Waals surface area contributed by atoms with Crippen LogP contribution in [0.5, 0.6) is 0 Å². The van der Waals surface area contributed by atoms with Crippen LogP contribution in [0, 0.1) is 0 Å². The van der Waals surface area contributed by atoms with E-state index in [4.69, 9.17) is 0 Å². The Morgan fingerprint density at radius 2 is 0.273 bits per heavy atom. The van der Waals surface area contributed by atoms with Crippen molar-refractivity contribution in [2.75, 3.05) is 0 Å². The van der Waals surface area contributed by atoms with Gasteiger partial charge in [-0.15, -0.1) is 0 Å². The van der Waals surface area contributed by atoms with E-state index in [2.05, 4.69) is 0 Å². The largest absolute Gasteiger partial charge is 1.00 e. The fourth-order valence-corrected chi connectivity index (χ4v) is 0. The summed E-state index contributed by atoms with van der Waals surface area (Å²) in [7, 11) is 0. The zero-order valence-corrected chi connectivity index (χ0v) is 32.6. The van der Waals surface area contributed by atoms with Crippen LogP contribution >= 0.6 is 0 Å². The summed E-state index contributed by atoms with van der Waals surface area (Å²) in [5.74, 6) is 0. The van der Waals surface area contributed by atoms with Crippen molar-refractivity contribution in [3.05, 3.63) is 0 Å². The third kappa shape index (κ3) is 291. The summed E-state index contributed by atoms with van der Waals surface area (Å²) in [5.41, 5.74) is 0. The maximum atomic E-state index is 9.94. The minimum absolute atomic E-state index is 0. The Labute approximate surface area is 309 Å². The number of hydrogen-bond donors (Lipinski definition) is 0. The van der Waals surface area contributed by atoms with Crippen LogP contribution in [0.1, 0.15) is 0 Å². The van der Waals surface area contributed by atoms with Crippen molar-refractivity contribution in [1.82, 2.24) is 0 Å². The molecule has 0 bridgehead atoms. The van der Waals surface area contributed by atoms with Gasteiger partial charge in [0.15, 0.2) is 0 Å². The maximum absolute atomic E-state index is 13.4. The van der Waals surface area contributed by atoms with Crippen LogP contribution in [0.2, 0.25) is 0 Å². The first-order chi connectivity index (χ1) is 5.29. The van der Waals surface area contributed by atoms with Gasteiger partial charge in [0.2, 0.25) is 0 Å². The van der Waals surface area contributed by atoms with Gasteiger partial charge in [0, 0.05) is 0 Å². The molecule has 0 spiro atoms. The van der Waals surface area contributed by atoms with Gasteiger partial charge in [-0.05, 0) is 0 Å². The second-order valence-corrected chi connectivity index (χ2v) is 17.7. The number of halogens is 14. The summed E-state index contributed by atoms with van der Waals surface area (Å²) in [6.07, 6.45) is 0. The molecule has 0 rings (SSSR count). The van der Waals surface area contributed by atoms with E-state index in [1.807, 2.05) is 0 Å². The monoisotopic (exact) mass is 632 g/mol. The molecule has 0 aliphatic carbocycles. The Bertz CT molecular complexity index is 260. The standard InChI is InChI=1S/14FH.3K.3Na.2Zr/h14*1H;;;;;;;;/q;;;;;;;;;;;;;;6*+1;2*+4/p-14. The Hall–Kier alpha value is 8.70. The molecule has 112 valence electrons. The number of rotatable bonds is 0. The summed E-state index contributed by atoms with van der Waals surface area (Å²) in [4.78, 5) is 0. The van der Waals surface area contributed by atoms with Crippen molar-refractivity contribution >= 4 is 0 Å². The van der Waals surface area contributed by atoms with Crippen molar-refractivity contribution in [3.8, 4) is 0 Å². The molecule has 0 unspecified atom stereocenters. The molecule has 22 heteroatoms. The minimum Gasteiger partial charge on any atom is 1.00 e. The molecule has 0 saturated carbocycles. The van der Waals surface area contributed by atoms with Gasteiger partial charge in [-0.2, -0.15) is 0 Å². The topological polar surface area (TPSA) is 0 Å². The Balaban J connectivity index is -0.0000000233. The zero-order valence-electron chi connectivity index (χ0n) is 12.3. The molecule has 0 nitrogen and oxygen atoms in total. The van der Waals surface area contributed by atoms with Crippen LogP contribution in [-0.4, -0.2) is 0 Å². The fourth-order valence-electron chi connectivity index (χ4n) is 0. The second kappa shape index (κ2) is 9.51. The maximum Gasteiger partial charge on any atom is 1.00 e. The van der Waals surface area contributed by atoms with Gasteiger partial charge in [0.25, 0.3) is 0 Å². The summed E-state index contributed by atoms with van der Waals surface area (Å²) >= 11 is -26.7. The normalized spacial score (nSPS) is 19.7. The van der Waals surface area contributed by atoms with E-state index in [-0.39, 0.29) is 243 Å². The average Bonchev–Trinajstić information content (AvgIpc) is 0.868. The average molecular weight is 635 g/mol. The van der Waals surface area contributed by atoms with E-state index < -0.39 is 40.2 Å². The molecule has 0 aromatic carbocycles. The third-order valence-corrected chi connectivity index (χ3v) is 0. The summed E-state index contributed by atoms with van der Waals surface area (Å²) in [6.45, 7) is 0. The smallest absolute Gasteiger partial charge is 1.00 e. The van der Waals surface area contributed by atoms with Gasteiger partial charge >= 0.3 is 320 Å². The van der Waals surface area contributed by atoms with Gasteiger partial charge in [-0.3, -0.25) is 0 Å². The molecule has 22 heavy (non-hydrogen) atoms. The minimum atomic E-state index is -13.4. The molecular formula is F14K3Na3Zr2. The second-order valence-electron chi connectivity index (χ2n) is 3.00. The molecule has 0 aliphatic heterocycles. The molecule has 0 saturated heterocycles. The van der Waals surface area contributed by atoms with Crippen LogP contribution in [0.3, 0.4) is 0 Å². The van der Waals surface area contributed by atoms with Crippen molar-refractivity contribution in [2.24, 2.45) is 0 Å². The van der Waals surface area contributed by atoms with Gasteiger partial charge < -0.3 is 0 Å². The van der Waals surface area contributed by atoms with Crippen LogP contribution in [0.4, 0.5) is 36.8 Å². The van der Waals surface area contributed by atoms with Gasteiger partial charge in [-0.25, -0.2) is 0 Å². The van der Waals surface area contributed by atoms with E-state index in [9.17, 15) is 36.8 Å². The quantitative estimate of drug-likeness (QED) is 0.184. The Morgan fingerprint density at radius 3 is 0.273 bits per heavy atom. The van der Waals surface area contributed by atoms with Crippen molar-refractivity contribution in [3.63, 3.8) is 0 Å². The predicted octanol–water partition coefficient (Wildman–Crippen LogP) is -12.1. The first-order valence-electron chi connectivity index (χ1n) is 2.65. The SMILES string of the molecule is [F][Zr-3]([F])([F])([F])([F])([F])[F].[F][Zr-3]([F])([F])([F])([F])([F])[F].[K+].[K+].[K+].[Na+].[Na+].[Na+]. The van der Waals surface area contributed by atoms with Gasteiger partial charge in [0.05, 0.1) is 0 Å². The molecular weight excluding hydrogens is 635 g/mol. The Morgan fingerprint density at radius 1 is 0.273 bits per heavy atom. The molecule has 0 heterocycles. The van der Waals surface area contributed by atoms with E-state index in [1.165, 1.54) is 0 Å². The summed E-state index contributed by atoms with van der Waals surface area (Å²) in [6, 6.07) is 0. The van der Waals surface area contributed by atoms with Crippen LogP contribution in [-0.2, 0) is 40.2 Å². The number of hydrogen-bond acceptors (Lipinski definition) is 0. The molecule has 0 radical (unpaired) electrons. The van der Waals surface area contributed by atoms with Crippen molar-refractivity contribution in [1.29, 1.82) is 0 Å². The van der Waals surface area contributed by atoms with Crippen LogP contribution in [0.25, 0.3) is 0 Å². The van der Waals surface area contributed by atoms with Gasteiger partial charge in [0.1, 0.15) is 0 Å². The molecule has 0 aliphatic rings. The van der Waals surface area contributed by atoms with Crippen molar-refractivity contribution < 1.29 is 320 Å². The van der Waals surface area contributed by atoms with E-state index in [0.29, 0.717) is 0 Å². The first-order valence-corrected chi connectivity index (χ1v) is 15.7. The molecule has 0 N–H and O–H groups in total. The predicted molar refractivity (Wildman–Crippen MR) is 15.5 cm³/mol. The molecule has 0 atom stereocenters. The molecule has 0 fully saturated rings. The Kier molecular flexibility index (Phi) is 22.7. The van der Waals surface area contributed by atoms with E-state index >= 15 is 0 Å². The molecule has 0 aromatic rings. The van der Waals surface area contributed by atoms with Crippen LogP contribution < -0.4 is 243 Å². The first kappa shape index (κ1) is 52.6. The molecule has 0 aromatic heterocycles. The van der Waals surface area contributed by atoms with Crippen LogP contribution in [0.15, 0.2) is 0 Å². The van der Waals surface area contributed by atoms with E-state index in [1.54, 1.807) is 0 Å². The third-order valence-electron chi connectivity index (χ3n) is 0. The van der Waals surface area contributed by atoms with Crippen molar-refractivity contribution in [2.45, 2.75) is 0 Å². The van der Waals surface area contributed by atoms with E-state index in [0.717, 1.165) is 0 Å². The summed E-state index contributed by atoms with van der Waals surface area (Å²) < 4.78 is 139. The van der Waals surface area contributed by atoms with Gasteiger partial charge in [-0.1, -0.05) is 0 Å². The summed E-state index contributed by atoms with van der Waals surface area (Å²) in [5, 5.41) is 0. The zero-order chi connectivity index (χ0) is 14.8.